The standard InChI is InChI=1S/C25H43NO3/c1-4-6-7-8-9-10-11-17-29-24-13-12-21(19-25(24)28-3)18-22-20-26(15-5-2)16-14-23(22)27/h12-13,19,22-23,27H,4-11,14-18,20H2,1-3H3. The van der Waals surface area contributed by atoms with E-state index in [1.165, 1.54) is 50.5 Å². The number of benzene rings is 1. The predicted octanol–water partition coefficient (Wildman–Crippen LogP) is 5.46. The van der Waals surface area contributed by atoms with Crippen molar-refractivity contribution in [3.05, 3.63) is 23.8 Å². The second kappa shape index (κ2) is 13.9. The molecule has 4 nitrogen and oxygen atoms in total. The summed E-state index contributed by atoms with van der Waals surface area (Å²) in [5.41, 5.74) is 1.22. The lowest BCUT2D eigenvalue weighted by atomic mass is 9.88. The quantitative estimate of drug-likeness (QED) is 0.417. The number of aliphatic hydroxyl groups excluding tert-OH is 1. The number of hydrogen-bond donors (Lipinski definition) is 1. The van der Waals surface area contributed by atoms with Crippen molar-refractivity contribution in [2.75, 3.05) is 33.4 Å². The Morgan fingerprint density at radius 2 is 1.76 bits per heavy atom. The van der Waals surface area contributed by atoms with Crippen molar-refractivity contribution in [2.24, 2.45) is 5.92 Å². The average molecular weight is 406 g/mol. The van der Waals surface area contributed by atoms with E-state index >= 15 is 0 Å². The van der Waals surface area contributed by atoms with Crippen LogP contribution in [0.2, 0.25) is 0 Å². The Morgan fingerprint density at radius 3 is 2.48 bits per heavy atom. The van der Waals surface area contributed by atoms with E-state index in [1.54, 1.807) is 7.11 Å². The number of rotatable bonds is 14. The Bertz CT molecular complexity index is 563. The lowest BCUT2D eigenvalue weighted by Gasteiger charge is -2.36. The lowest BCUT2D eigenvalue weighted by molar-refractivity contribution is 0.0270. The Morgan fingerprint density at radius 1 is 1.00 bits per heavy atom. The maximum absolute atomic E-state index is 10.4. The molecule has 2 atom stereocenters. The van der Waals surface area contributed by atoms with Gasteiger partial charge in [-0.2, -0.15) is 0 Å². The molecule has 0 spiro atoms. The molecule has 0 radical (unpaired) electrons. The van der Waals surface area contributed by atoms with Gasteiger partial charge in [0.25, 0.3) is 0 Å². The van der Waals surface area contributed by atoms with Gasteiger partial charge >= 0.3 is 0 Å². The van der Waals surface area contributed by atoms with Crippen molar-refractivity contribution >= 4 is 0 Å². The lowest BCUT2D eigenvalue weighted by Crippen LogP contribution is -2.44. The summed E-state index contributed by atoms with van der Waals surface area (Å²) >= 11 is 0. The van der Waals surface area contributed by atoms with Crippen LogP contribution in [0.15, 0.2) is 18.2 Å². The van der Waals surface area contributed by atoms with Crippen molar-refractivity contribution < 1.29 is 14.6 Å². The Kier molecular flexibility index (Phi) is 11.5. The Labute approximate surface area is 178 Å². The van der Waals surface area contributed by atoms with Gasteiger partial charge in [-0.1, -0.05) is 58.4 Å². The molecule has 0 saturated carbocycles. The first-order valence-electron chi connectivity index (χ1n) is 11.9. The topological polar surface area (TPSA) is 41.9 Å². The molecule has 1 saturated heterocycles. The summed E-state index contributed by atoms with van der Waals surface area (Å²) in [6.45, 7) is 8.34. The molecule has 4 heteroatoms. The number of piperidine rings is 1. The van der Waals surface area contributed by atoms with E-state index < -0.39 is 0 Å². The summed E-state index contributed by atoms with van der Waals surface area (Å²) < 4.78 is 11.6. The highest BCUT2D eigenvalue weighted by Gasteiger charge is 2.27. The molecule has 0 bridgehead atoms. The molecule has 29 heavy (non-hydrogen) atoms. The normalized spacial score (nSPS) is 20.0. The van der Waals surface area contributed by atoms with Crippen LogP contribution in [0.1, 0.15) is 77.2 Å². The van der Waals surface area contributed by atoms with Crippen LogP contribution in [0.4, 0.5) is 0 Å². The third-order valence-electron chi connectivity index (χ3n) is 6.05. The molecule has 1 heterocycles. The van der Waals surface area contributed by atoms with Gasteiger partial charge in [-0.3, -0.25) is 0 Å². The zero-order chi connectivity index (χ0) is 20.9. The molecule has 1 N–H and O–H groups in total. The molecule has 0 aliphatic carbocycles. The molecule has 1 aliphatic rings. The van der Waals surface area contributed by atoms with Crippen LogP contribution in [0.3, 0.4) is 0 Å². The third-order valence-corrected chi connectivity index (χ3v) is 6.05. The first-order valence-corrected chi connectivity index (χ1v) is 11.9. The number of nitrogens with zero attached hydrogens (tertiary/aromatic N) is 1. The molecular weight excluding hydrogens is 362 g/mol. The van der Waals surface area contributed by atoms with Crippen molar-refractivity contribution in [3.63, 3.8) is 0 Å². The molecular formula is C25H43NO3. The molecule has 1 aromatic carbocycles. The van der Waals surface area contributed by atoms with Crippen LogP contribution in [0, 0.1) is 5.92 Å². The highest BCUT2D eigenvalue weighted by Crippen LogP contribution is 2.30. The Hall–Kier alpha value is -1.26. The minimum absolute atomic E-state index is 0.206. The average Bonchev–Trinajstić information content (AvgIpc) is 2.73. The first-order chi connectivity index (χ1) is 14.2. The summed E-state index contributed by atoms with van der Waals surface area (Å²) in [6.07, 6.45) is 11.7. The minimum Gasteiger partial charge on any atom is -0.493 e. The van der Waals surface area contributed by atoms with Crippen LogP contribution in [0.5, 0.6) is 11.5 Å². The summed E-state index contributed by atoms with van der Waals surface area (Å²) in [7, 11) is 1.71. The van der Waals surface area contributed by atoms with Crippen LogP contribution in [-0.4, -0.2) is 49.5 Å². The van der Waals surface area contributed by atoms with Crippen molar-refractivity contribution in [1.82, 2.24) is 4.90 Å². The smallest absolute Gasteiger partial charge is 0.161 e. The molecule has 0 aromatic heterocycles. The summed E-state index contributed by atoms with van der Waals surface area (Å²) in [5.74, 6) is 1.93. The largest absolute Gasteiger partial charge is 0.493 e. The number of unbranched alkanes of at least 4 members (excludes halogenated alkanes) is 6. The van der Waals surface area contributed by atoms with Crippen molar-refractivity contribution in [1.29, 1.82) is 0 Å². The van der Waals surface area contributed by atoms with Crippen LogP contribution in [0.25, 0.3) is 0 Å². The van der Waals surface area contributed by atoms with E-state index in [1.807, 2.05) is 6.07 Å². The fraction of sp³-hybridized carbons (Fsp3) is 0.760. The number of aliphatic hydroxyl groups is 1. The second-order valence-corrected chi connectivity index (χ2v) is 8.58. The van der Waals surface area contributed by atoms with Crippen molar-refractivity contribution in [3.8, 4) is 11.5 Å². The molecule has 2 unspecified atom stereocenters. The third kappa shape index (κ3) is 8.55. The summed E-state index contributed by atoms with van der Waals surface area (Å²) in [6, 6.07) is 6.26. The van der Waals surface area contributed by atoms with Gasteiger partial charge in [0.15, 0.2) is 11.5 Å². The Balaban J connectivity index is 1.80. The number of likely N-dealkylation sites (tertiary alicyclic amines) is 1. The van der Waals surface area contributed by atoms with Gasteiger partial charge in [-0.25, -0.2) is 0 Å². The number of methoxy groups -OCH3 is 1. The van der Waals surface area contributed by atoms with Crippen LogP contribution >= 0.6 is 0 Å². The van der Waals surface area contributed by atoms with Gasteiger partial charge in [0.05, 0.1) is 19.8 Å². The van der Waals surface area contributed by atoms with Crippen molar-refractivity contribution in [2.45, 2.75) is 84.2 Å². The molecule has 166 valence electrons. The molecule has 1 fully saturated rings. The first kappa shape index (κ1) is 24.0. The maximum atomic E-state index is 10.4. The highest BCUT2D eigenvalue weighted by atomic mass is 16.5. The van der Waals surface area contributed by atoms with Crippen LogP contribution < -0.4 is 9.47 Å². The fourth-order valence-corrected chi connectivity index (χ4v) is 4.32. The van der Waals surface area contributed by atoms with E-state index in [-0.39, 0.29) is 6.10 Å². The van der Waals surface area contributed by atoms with Gasteiger partial charge in [-0.15, -0.1) is 0 Å². The summed E-state index contributed by atoms with van der Waals surface area (Å²) in [4.78, 5) is 2.48. The van der Waals surface area contributed by atoms with E-state index in [0.29, 0.717) is 5.92 Å². The molecule has 1 aromatic rings. The summed E-state index contributed by atoms with van der Waals surface area (Å²) in [5, 5.41) is 10.4. The van der Waals surface area contributed by atoms with Gasteiger partial charge in [0.2, 0.25) is 0 Å². The zero-order valence-corrected chi connectivity index (χ0v) is 19.0. The monoisotopic (exact) mass is 405 g/mol. The fourth-order valence-electron chi connectivity index (χ4n) is 4.32. The van der Waals surface area contributed by atoms with E-state index in [2.05, 4.69) is 30.9 Å². The van der Waals surface area contributed by atoms with Gasteiger partial charge in [0, 0.05) is 19.0 Å². The van der Waals surface area contributed by atoms with E-state index in [0.717, 1.165) is 57.0 Å². The van der Waals surface area contributed by atoms with E-state index in [9.17, 15) is 5.11 Å². The van der Waals surface area contributed by atoms with Crippen LogP contribution in [-0.2, 0) is 6.42 Å². The second-order valence-electron chi connectivity index (χ2n) is 8.58. The zero-order valence-electron chi connectivity index (χ0n) is 19.0. The van der Waals surface area contributed by atoms with Gasteiger partial charge in [-0.05, 0) is 49.9 Å². The minimum atomic E-state index is -0.206. The SMILES string of the molecule is CCCCCCCCCOc1ccc(CC2CN(CCC)CCC2O)cc1OC. The molecule has 0 amide bonds. The predicted molar refractivity (Wildman–Crippen MR) is 121 cm³/mol. The highest BCUT2D eigenvalue weighted by molar-refractivity contribution is 5.43. The number of hydrogen-bond acceptors (Lipinski definition) is 4. The molecule has 2 rings (SSSR count). The van der Waals surface area contributed by atoms with E-state index in [4.69, 9.17) is 9.47 Å². The van der Waals surface area contributed by atoms with Gasteiger partial charge in [0.1, 0.15) is 0 Å². The number of ether oxygens (including phenoxy) is 2. The molecule has 1 aliphatic heterocycles. The van der Waals surface area contributed by atoms with Gasteiger partial charge < -0.3 is 19.5 Å². The maximum Gasteiger partial charge on any atom is 0.161 e.